The third-order valence-electron chi connectivity index (χ3n) is 2.62. The topological polar surface area (TPSA) is 22.1 Å². The van der Waals surface area contributed by atoms with Crippen LogP contribution in [-0.4, -0.2) is 4.98 Å². The summed E-state index contributed by atoms with van der Waals surface area (Å²) < 4.78 is 5.77. The third kappa shape index (κ3) is 3.15. The van der Waals surface area contributed by atoms with Gasteiger partial charge in [-0.05, 0) is 18.1 Å². The normalized spacial score (nSPS) is 12.2. The van der Waals surface area contributed by atoms with Gasteiger partial charge in [0, 0.05) is 18.1 Å². The van der Waals surface area contributed by atoms with Crippen molar-refractivity contribution in [2.45, 2.75) is 18.9 Å². The third-order valence-corrected chi connectivity index (χ3v) is 3.25. The molecule has 1 atom stereocenters. The van der Waals surface area contributed by atoms with Gasteiger partial charge in [0.25, 0.3) is 0 Å². The summed E-state index contributed by atoms with van der Waals surface area (Å²) in [5.74, 6) is 0.878. The lowest BCUT2D eigenvalue weighted by molar-refractivity contribution is 0.217. The Bertz CT molecular complexity index is 516. The molecule has 0 bridgehead atoms. The lowest BCUT2D eigenvalue weighted by Gasteiger charge is -2.14. The molecule has 2 rings (SSSR count). The molecule has 1 unspecified atom stereocenters. The Labute approximate surface area is 117 Å². The second kappa shape index (κ2) is 6.07. The van der Waals surface area contributed by atoms with Gasteiger partial charge in [0.2, 0.25) is 5.88 Å². The molecule has 2 aromatic rings. The molecule has 0 amide bonds. The average Bonchev–Trinajstić information content (AvgIpc) is 2.42. The predicted octanol–water partition coefficient (Wildman–Crippen LogP) is 4.61. The van der Waals surface area contributed by atoms with Crippen LogP contribution in [-0.2, 0) is 5.88 Å². The minimum atomic E-state index is -0.0666. The summed E-state index contributed by atoms with van der Waals surface area (Å²) in [4.78, 5) is 4.14. The van der Waals surface area contributed by atoms with E-state index in [-0.39, 0.29) is 6.10 Å². The molecule has 0 radical (unpaired) electrons. The molecule has 1 aromatic heterocycles. The molecule has 1 heterocycles. The van der Waals surface area contributed by atoms with E-state index >= 15 is 0 Å². The van der Waals surface area contributed by atoms with E-state index in [0.717, 1.165) is 11.1 Å². The van der Waals surface area contributed by atoms with Crippen molar-refractivity contribution in [1.82, 2.24) is 4.98 Å². The summed E-state index contributed by atoms with van der Waals surface area (Å²) >= 11 is 11.7. The fourth-order valence-corrected chi connectivity index (χ4v) is 2.06. The van der Waals surface area contributed by atoms with E-state index in [1.54, 1.807) is 12.3 Å². The van der Waals surface area contributed by atoms with E-state index in [9.17, 15) is 0 Å². The molecule has 0 aliphatic heterocycles. The van der Waals surface area contributed by atoms with Crippen molar-refractivity contribution >= 4 is 23.2 Å². The molecule has 0 spiro atoms. The zero-order valence-electron chi connectivity index (χ0n) is 9.94. The van der Waals surface area contributed by atoms with Crippen molar-refractivity contribution in [2.75, 3.05) is 0 Å². The zero-order valence-corrected chi connectivity index (χ0v) is 11.4. The maximum absolute atomic E-state index is 5.95. The molecular formula is C14H13Cl2NO. The average molecular weight is 282 g/mol. The number of hydrogen-bond acceptors (Lipinski definition) is 2. The monoisotopic (exact) mass is 281 g/mol. The Kier molecular flexibility index (Phi) is 4.45. The highest BCUT2D eigenvalue weighted by Gasteiger charge is 2.09. The van der Waals surface area contributed by atoms with Crippen LogP contribution in [0.4, 0.5) is 0 Å². The highest BCUT2D eigenvalue weighted by molar-refractivity contribution is 6.32. The van der Waals surface area contributed by atoms with Crippen LogP contribution in [0.5, 0.6) is 5.88 Å². The first-order valence-corrected chi connectivity index (χ1v) is 6.54. The lowest BCUT2D eigenvalue weighted by atomic mass is 10.1. The molecule has 0 fully saturated rings. The van der Waals surface area contributed by atoms with Gasteiger partial charge in [-0.1, -0.05) is 41.9 Å². The predicted molar refractivity (Wildman–Crippen MR) is 74.3 cm³/mol. The highest BCUT2D eigenvalue weighted by Crippen LogP contribution is 2.24. The van der Waals surface area contributed by atoms with Gasteiger partial charge in [-0.15, -0.1) is 11.6 Å². The zero-order chi connectivity index (χ0) is 13.0. The van der Waals surface area contributed by atoms with Crippen molar-refractivity contribution in [3.8, 4) is 5.88 Å². The van der Waals surface area contributed by atoms with Gasteiger partial charge in [0.1, 0.15) is 6.10 Å². The van der Waals surface area contributed by atoms with Gasteiger partial charge in [-0.25, -0.2) is 4.98 Å². The summed E-state index contributed by atoms with van der Waals surface area (Å²) in [5, 5.41) is 0.560. The molecular weight excluding hydrogens is 269 g/mol. The fraction of sp³-hybridized carbons (Fsp3) is 0.214. The summed E-state index contributed by atoms with van der Waals surface area (Å²) in [6.45, 7) is 1.98. The maximum atomic E-state index is 5.95. The Balaban J connectivity index is 2.14. The number of rotatable bonds is 4. The van der Waals surface area contributed by atoms with E-state index in [2.05, 4.69) is 4.98 Å². The first-order chi connectivity index (χ1) is 8.70. The molecule has 2 nitrogen and oxygen atoms in total. The lowest BCUT2D eigenvalue weighted by Crippen LogP contribution is -2.04. The van der Waals surface area contributed by atoms with Crippen LogP contribution in [0.15, 0.2) is 42.6 Å². The van der Waals surface area contributed by atoms with E-state index in [1.165, 1.54) is 0 Å². The Hall–Kier alpha value is -1.25. The number of halogens is 2. The number of alkyl halides is 1. The van der Waals surface area contributed by atoms with Crippen LogP contribution < -0.4 is 4.74 Å². The summed E-state index contributed by atoms with van der Waals surface area (Å²) in [5.41, 5.74) is 1.92. The number of benzene rings is 1. The van der Waals surface area contributed by atoms with Gasteiger partial charge in [-0.2, -0.15) is 0 Å². The van der Waals surface area contributed by atoms with Crippen molar-refractivity contribution < 1.29 is 4.74 Å². The van der Waals surface area contributed by atoms with Crippen molar-refractivity contribution in [1.29, 1.82) is 0 Å². The molecule has 4 heteroatoms. The number of pyridine rings is 1. The Morgan fingerprint density at radius 2 is 2.00 bits per heavy atom. The maximum Gasteiger partial charge on any atom is 0.214 e. The minimum absolute atomic E-state index is 0.0666. The van der Waals surface area contributed by atoms with E-state index < -0.39 is 0 Å². The van der Waals surface area contributed by atoms with E-state index in [0.29, 0.717) is 16.8 Å². The molecule has 94 valence electrons. The van der Waals surface area contributed by atoms with Crippen molar-refractivity contribution in [3.63, 3.8) is 0 Å². The molecule has 1 aromatic carbocycles. The SMILES string of the molecule is CC(Oc1cc(CCl)c(Cl)cn1)c1ccccc1. The van der Waals surface area contributed by atoms with Crippen LogP contribution >= 0.6 is 23.2 Å². The van der Waals surface area contributed by atoms with Gasteiger partial charge >= 0.3 is 0 Å². The smallest absolute Gasteiger partial charge is 0.214 e. The standard InChI is InChI=1S/C14H13Cl2NO/c1-10(11-5-3-2-4-6-11)18-14-7-12(8-15)13(16)9-17-14/h2-7,9-10H,8H2,1H3. The first-order valence-electron chi connectivity index (χ1n) is 5.62. The number of hydrogen-bond donors (Lipinski definition) is 0. The number of nitrogens with zero attached hydrogens (tertiary/aromatic N) is 1. The quantitative estimate of drug-likeness (QED) is 0.764. The Morgan fingerprint density at radius 1 is 1.28 bits per heavy atom. The van der Waals surface area contributed by atoms with Crippen LogP contribution in [0.1, 0.15) is 24.2 Å². The summed E-state index contributed by atoms with van der Waals surface area (Å²) in [7, 11) is 0. The number of aromatic nitrogens is 1. The van der Waals surface area contributed by atoms with E-state index in [1.807, 2.05) is 37.3 Å². The second-order valence-corrected chi connectivity index (χ2v) is 4.59. The molecule has 18 heavy (non-hydrogen) atoms. The van der Waals surface area contributed by atoms with Crippen LogP contribution in [0.2, 0.25) is 5.02 Å². The molecule has 0 saturated heterocycles. The Morgan fingerprint density at radius 3 is 2.67 bits per heavy atom. The van der Waals surface area contributed by atoms with Crippen LogP contribution in [0, 0.1) is 0 Å². The van der Waals surface area contributed by atoms with Crippen LogP contribution in [0.25, 0.3) is 0 Å². The molecule has 0 aliphatic rings. The van der Waals surface area contributed by atoms with Gasteiger partial charge < -0.3 is 4.74 Å². The highest BCUT2D eigenvalue weighted by atomic mass is 35.5. The summed E-state index contributed by atoms with van der Waals surface area (Å²) in [6.07, 6.45) is 1.50. The van der Waals surface area contributed by atoms with Gasteiger partial charge in [-0.3, -0.25) is 0 Å². The molecule has 0 N–H and O–H groups in total. The first kappa shape index (κ1) is 13.2. The van der Waals surface area contributed by atoms with Crippen molar-refractivity contribution in [3.05, 3.63) is 58.7 Å². The number of ether oxygens (including phenoxy) is 1. The fourth-order valence-electron chi connectivity index (χ4n) is 1.60. The van der Waals surface area contributed by atoms with Crippen LogP contribution in [0.3, 0.4) is 0 Å². The van der Waals surface area contributed by atoms with Gasteiger partial charge in [0.15, 0.2) is 0 Å². The second-order valence-electron chi connectivity index (χ2n) is 3.92. The minimum Gasteiger partial charge on any atom is -0.470 e. The van der Waals surface area contributed by atoms with E-state index in [4.69, 9.17) is 27.9 Å². The molecule has 0 saturated carbocycles. The van der Waals surface area contributed by atoms with Gasteiger partial charge in [0.05, 0.1) is 5.02 Å². The summed E-state index contributed by atoms with van der Waals surface area (Å²) in [6, 6.07) is 11.7. The molecule has 0 aliphatic carbocycles. The van der Waals surface area contributed by atoms with Crippen molar-refractivity contribution in [2.24, 2.45) is 0 Å². The largest absolute Gasteiger partial charge is 0.470 e.